The summed E-state index contributed by atoms with van der Waals surface area (Å²) in [5, 5.41) is 3.02. The van der Waals surface area contributed by atoms with Gasteiger partial charge in [0.1, 0.15) is 0 Å². The van der Waals surface area contributed by atoms with E-state index in [4.69, 9.17) is 5.73 Å². The number of hydrogen-bond donors (Lipinski definition) is 2. The van der Waals surface area contributed by atoms with Crippen LogP contribution in [0.25, 0.3) is 0 Å². The number of urea groups is 1. The van der Waals surface area contributed by atoms with Gasteiger partial charge in [-0.05, 0) is 50.1 Å². The molecule has 1 fully saturated rings. The highest BCUT2D eigenvalue weighted by molar-refractivity contribution is 5.74. The van der Waals surface area contributed by atoms with E-state index in [1.165, 1.54) is 5.56 Å². The van der Waals surface area contributed by atoms with Gasteiger partial charge < -0.3 is 16.0 Å². The molecule has 2 rings (SSSR count). The smallest absolute Gasteiger partial charge is 0.317 e. The van der Waals surface area contributed by atoms with Gasteiger partial charge in [0.2, 0.25) is 0 Å². The van der Waals surface area contributed by atoms with E-state index in [2.05, 4.69) is 35.6 Å². The first kappa shape index (κ1) is 16.8. The van der Waals surface area contributed by atoms with Crippen LogP contribution >= 0.6 is 0 Å². The summed E-state index contributed by atoms with van der Waals surface area (Å²) in [5.41, 5.74) is 6.87. The predicted molar refractivity (Wildman–Crippen MR) is 90.7 cm³/mol. The zero-order chi connectivity index (χ0) is 15.6. The number of piperidine rings is 1. The van der Waals surface area contributed by atoms with Crippen molar-refractivity contribution in [1.29, 1.82) is 0 Å². The third kappa shape index (κ3) is 5.68. The van der Waals surface area contributed by atoms with E-state index in [0.29, 0.717) is 5.92 Å². The molecule has 1 saturated heterocycles. The van der Waals surface area contributed by atoms with E-state index in [1.807, 2.05) is 4.90 Å². The Balaban J connectivity index is 1.63. The first-order valence-electron chi connectivity index (χ1n) is 8.56. The number of unbranched alkanes of at least 4 members (excludes halogenated alkanes) is 2. The highest BCUT2D eigenvalue weighted by Gasteiger charge is 2.22. The van der Waals surface area contributed by atoms with Gasteiger partial charge in [0.15, 0.2) is 0 Å². The van der Waals surface area contributed by atoms with E-state index in [9.17, 15) is 4.79 Å². The van der Waals surface area contributed by atoms with Crippen LogP contribution in [0.3, 0.4) is 0 Å². The number of amides is 2. The van der Waals surface area contributed by atoms with E-state index >= 15 is 0 Å². The summed E-state index contributed by atoms with van der Waals surface area (Å²) in [6.07, 6.45) is 6.50. The van der Waals surface area contributed by atoms with Crippen LogP contribution in [0.5, 0.6) is 0 Å². The molecule has 4 nitrogen and oxygen atoms in total. The largest absolute Gasteiger partial charge is 0.338 e. The van der Waals surface area contributed by atoms with Crippen LogP contribution in [0.1, 0.15) is 37.7 Å². The summed E-state index contributed by atoms with van der Waals surface area (Å²) in [5.74, 6) is 0.705. The molecule has 3 N–H and O–H groups in total. The van der Waals surface area contributed by atoms with Crippen molar-refractivity contribution >= 4 is 6.03 Å². The van der Waals surface area contributed by atoms with Gasteiger partial charge in [-0.2, -0.15) is 0 Å². The van der Waals surface area contributed by atoms with E-state index in [-0.39, 0.29) is 6.03 Å². The van der Waals surface area contributed by atoms with E-state index in [1.54, 1.807) is 0 Å². The molecule has 1 aliphatic heterocycles. The van der Waals surface area contributed by atoms with Crippen LogP contribution < -0.4 is 11.1 Å². The van der Waals surface area contributed by atoms with Gasteiger partial charge in [0.05, 0.1) is 0 Å². The third-order valence-corrected chi connectivity index (χ3v) is 4.43. The van der Waals surface area contributed by atoms with Crippen LogP contribution in [-0.4, -0.2) is 37.1 Å². The summed E-state index contributed by atoms with van der Waals surface area (Å²) in [4.78, 5) is 14.0. The summed E-state index contributed by atoms with van der Waals surface area (Å²) < 4.78 is 0. The van der Waals surface area contributed by atoms with Gasteiger partial charge in [-0.25, -0.2) is 4.79 Å². The number of likely N-dealkylation sites (tertiary alicyclic amines) is 1. The normalized spacial score (nSPS) is 15.8. The Morgan fingerprint density at radius 1 is 1.14 bits per heavy atom. The first-order chi connectivity index (χ1) is 10.8. The fourth-order valence-corrected chi connectivity index (χ4v) is 3.04. The van der Waals surface area contributed by atoms with Crippen LogP contribution in [0.2, 0.25) is 0 Å². The molecule has 0 saturated carbocycles. The Labute approximate surface area is 134 Å². The lowest BCUT2D eigenvalue weighted by molar-refractivity contribution is 0.170. The molecule has 1 heterocycles. The Morgan fingerprint density at radius 2 is 1.86 bits per heavy atom. The minimum atomic E-state index is 0.103. The molecule has 0 spiro atoms. The number of nitrogens with two attached hydrogens (primary N) is 1. The molecule has 0 radical (unpaired) electrons. The van der Waals surface area contributed by atoms with Crippen molar-refractivity contribution < 1.29 is 4.79 Å². The Morgan fingerprint density at radius 3 is 2.55 bits per heavy atom. The Kier molecular flexibility index (Phi) is 7.23. The van der Waals surface area contributed by atoms with E-state index in [0.717, 1.165) is 64.7 Å². The lowest BCUT2D eigenvalue weighted by atomic mass is 9.90. The average Bonchev–Trinajstić information content (AvgIpc) is 2.56. The number of nitrogens with zero attached hydrogens (tertiary/aromatic N) is 1. The number of benzene rings is 1. The second-order valence-electron chi connectivity index (χ2n) is 6.20. The van der Waals surface area contributed by atoms with Gasteiger partial charge >= 0.3 is 6.03 Å². The highest BCUT2D eigenvalue weighted by Crippen LogP contribution is 2.21. The molecular formula is C18H29N3O. The van der Waals surface area contributed by atoms with Crippen LogP contribution in [0, 0.1) is 5.92 Å². The van der Waals surface area contributed by atoms with Gasteiger partial charge in [0.25, 0.3) is 0 Å². The molecule has 0 atom stereocenters. The maximum atomic E-state index is 12.1. The predicted octanol–water partition coefficient (Wildman–Crippen LogP) is 2.78. The molecule has 0 aromatic heterocycles. The van der Waals surface area contributed by atoms with Crippen molar-refractivity contribution in [2.75, 3.05) is 26.2 Å². The second kappa shape index (κ2) is 9.46. The van der Waals surface area contributed by atoms with Gasteiger partial charge in [0, 0.05) is 19.6 Å². The molecule has 1 aromatic rings. The summed E-state index contributed by atoms with van der Waals surface area (Å²) in [7, 11) is 0. The molecular weight excluding hydrogens is 274 g/mol. The molecule has 0 unspecified atom stereocenters. The maximum absolute atomic E-state index is 12.1. The monoisotopic (exact) mass is 303 g/mol. The molecule has 22 heavy (non-hydrogen) atoms. The fraction of sp³-hybridized carbons (Fsp3) is 0.611. The topological polar surface area (TPSA) is 58.4 Å². The average molecular weight is 303 g/mol. The number of nitrogens with one attached hydrogen (secondary N) is 1. The summed E-state index contributed by atoms with van der Waals surface area (Å²) >= 11 is 0. The molecule has 0 bridgehead atoms. The number of carbonyl (C=O) groups is 1. The zero-order valence-corrected chi connectivity index (χ0v) is 13.5. The fourth-order valence-electron chi connectivity index (χ4n) is 3.04. The van der Waals surface area contributed by atoms with Crippen molar-refractivity contribution in [2.45, 2.75) is 38.5 Å². The molecule has 0 aliphatic carbocycles. The van der Waals surface area contributed by atoms with Crippen molar-refractivity contribution in [3.05, 3.63) is 35.9 Å². The number of hydrogen-bond acceptors (Lipinski definition) is 2. The third-order valence-electron chi connectivity index (χ3n) is 4.43. The summed E-state index contributed by atoms with van der Waals surface area (Å²) in [6, 6.07) is 10.8. The summed E-state index contributed by atoms with van der Waals surface area (Å²) in [6.45, 7) is 3.27. The van der Waals surface area contributed by atoms with Crippen molar-refractivity contribution in [1.82, 2.24) is 10.2 Å². The Hall–Kier alpha value is -1.55. The minimum Gasteiger partial charge on any atom is -0.338 e. The van der Waals surface area contributed by atoms with Crippen molar-refractivity contribution in [3.8, 4) is 0 Å². The van der Waals surface area contributed by atoms with E-state index < -0.39 is 0 Å². The maximum Gasteiger partial charge on any atom is 0.317 e. The van der Waals surface area contributed by atoms with Gasteiger partial charge in [-0.15, -0.1) is 0 Å². The highest BCUT2D eigenvalue weighted by atomic mass is 16.2. The van der Waals surface area contributed by atoms with Gasteiger partial charge in [-0.1, -0.05) is 36.8 Å². The number of rotatable bonds is 7. The molecule has 122 valence electrons. The van der Waals surface area contributed by atoms with Crippen molar-refractivity contribution in [2.24, 2.45) is 11.7 Å². The van der Waals surface area contributed by atoms with Crippen LogP contribution in [0.15, 0.2) is 30.3 Å². The second-order valence-corrected chi connectivity index (χ2v) is 6.20. The SMILES string of the molecule is NCCCCCNC(=O)N1CCC(Cc2ccccc2)CC1. The standard InChI is InChI=1S/C18H29N3O/c19-11-5-2-6-12-20-18(22)21-13-9-17(10-14-21)15-16-7-3-1-4-8-16/h1,3-4,7-8,17H,2,5-6,9-15,19H2,(H,20,22). The molecule has 1 aromatic carbocycles. The number of carbonyl (C=O) groups excluding carboxylic acids is 1. The first-order valence-corrected chi connectivity index (χ1v) is 8.56. The lowest BCUT2D eigenvalue weighted by Gasteiger charge is -2.32. The van der Waals surface area contributed by atoms with Crippen LogP contribution in [-0.2, 0) is 6.42 Å². The lowest BCUT2D eigenvalue weighted by Crippen LogP contribution is -2.44. The molecule has 4 heteroatoms. The molecule has 2 amide bonds. The van der Waals surface area contributed by atoms with Crippen LogP contribution in [0.4, 0.5) is 4.79 Å². The van der Waals surface area contributed by atoms with Crippen molar-refractivity contribution in [3.63, 3.8) is 0 Å². The van der Waals surface area contributed by atoms with Gasteiger partial charge in [-0.3, -0.25) is 0 Å². The minimum absolute atomic E-state index is 0.103. The zero-order valence-electron chi connectivity index (χ0n) is 13.5. The Bertz CT molecular complexity index is 427. The molecule has 1 aliphatic rings. The quantitative estimate of drug-likeness (QED) is 0.761.